The van der Waals surface area contributed by atoms with Crippen LogP contribution in [0.25, 0.3) is 0 Å². The van der Waals surface area contributed by atoms with Gasteiger partial charge in [-0.05, 0) is 68.3 Å². The van der Waals surface area contributed by atoms with Crippen molar-refractivity contribution in [1.82, 2.24) is 9.59 Å². The average molecular weight is 623 g/mol. The molecule has 0 amide bonds. The molecule has 4 aliphatic carbocycles. The van der Waals surface area contributed by atoms with Gasteiger partial charge in [-0.1, -0.05) is 36.2 Å². The van der Waals surface area contributed by atoms with Crippen LogP contribution in [0.4, 0.5) is 8.78 Å². The zero-order chi connectivity index (χ0) is 30.4. The van der Waals surface area contributed by atoms with Gasteiger partial charge in [-0.2, -0.15) is 0 Å². The summed E-state index contributed by atoms with van der Waals surface area (Å²) in [5.41, 5.74) is -6.84. The number of cyclic esters (lactones) is 1. The minimum atomic E-state index is -2.35. The molecule has 1 saturated heterocycles. The quantitative estimate of drug-likeness (QED) is 0.494. The highest BCUT2D eigenvalue weighted by molar-refractivity contribution is 8.14. The van der Waals surface area contributed by atoms with Gasteiger partial charge in [0.15, 0.2) is 21.9 Å². The van der Waals surface area contributed by atoms with Crippen molar-refractivity contribution in [2.75, 3.05) is 6.61 Å². The molecule has 1 aliphatic heterocycles. The number of hydrogen-bond acceptors (Lipinski definition) is 11. The summed E-state index contributed by atoms with van der Waals surface area (Å²) in [5, 5.41) is 14.2. The maximum atomic E-state index is 17.6. The van der Waals surface area contributed by atoms with E-state index in [9.17, 15) is 24.3 Å². The molecule has 6 rings (SSSR count). The first kappa shape index (κ1) is 29.6. The summed E-state index contributed by atoms with van der Waals surface area (Å²) in [6.07, 6.45) is 0.274. The lowest BCUT2D eigenvalue weighted by atomic mass is 9.44. The van der Waals surface area contributed by atoms with E-state index in [-0.39, 0.29) is 36.3 Å². The number of carbonyl (C=O) groups excluding carboxylic acids is 4. The van der Waals surface area contributed by atoms with Gasteiger partial charge in [0.25, 0.3) is 0 Å². The van der Waals surface area contributed by atoms with E-state index in [2.05, 4.69) is 9.59 Å². The Balaban J connectivity index is 1.47. The van der Waals surface area contributed by atoms with Crippen molar-refractivity contribution < 1.29 is 42.5 Å². The third kappa shape index (κ3) is 3.74. The molecule has 0 aromatic carbocycles. The number of carbonyl (C=O) groups is 4. The lowest BCUT2D eigenvalue weighted by molar-refractivity contribution is -0.221. The standard InChI is InChI=1S/C29H32F2N2O7S2/c1-13-9-16-17-11-19(30)18-10-15(34)5-7-26(18,3)28(17,31)21(35)12-27(16,4)29(13,25(38)41-20-6-8-39-23(20)36)40-24(37)22-14(2)32-33-42-22/h5,7,10,13,16-17,19-21,35H,6,8-9,11-12H2,1-4H3/t13-,16+,17+,19+,20+,21+,26+,27+,28+,29+/m1/s1. The van der Waals surface area contributed by atoms with Gasteiger partial charge in [0.2, 0.25) is 5.12 Å². The SMILES string of the molecule is Cc1nnsc1C(=O)O[C@]1(C(=O)S[C@H]2CCOC2=O)[C@H](C)C[C@H]2[C@@H]3C[C@H](F)C4=CC(=O)C=C[C@]4(C)[C@@]3(F)[C@@H](O)C[C@@]21C. The van der Waals surface area contributed by atoms with Crippen molar-refractivity contribution >= 4 is 46.1 Å². The summed E-state index contributed by atoms with van der Waals surface area (Å²) in [4.78, 5) is 52.6. The van der Waals surface area contributed by atoms with Crippen molar-refractivity contribution in [2.45, 2.75) is 82.2 Å². The highest BCUT2D eigenvalue weighted by atomic mass is 32.2. The van der Waals surface area contributed by atoms with Gasteiger partial charge in [-0.3, -0.25) is 14.4 Å². The van der Waals surface area contributed by atoms with Crippen LogP contribution in [0.5, 0.6) is 0 Å². The second-order valence-electron chi connectivity index (χ2n) is 12.7. The van der Waals surface area contributed by atoms with Gasteiger partial charge < -0.3 is 14.6 Å². The summed E-state index contributed by atoms with van der Waals surface area (Å²) in [6.45, 7) is 6.67. The molecule has 0 radical (unpaired) electrons. The number of esters is 2. The number of aliphatic hydroxyl groups excluding tert-OH is 1. The van der Waals surface area contributed by atoms with Crippen LogP contribution in [-0.4, -0.2) is 72.9 Å². The summed E-state index contributed by atoms with van der Waals surface area (Å²) >= 11 is 1.55. The van der Waals surface area contributed by atoms with Gasteiger partial charge in [0.05, 0.1) is 18.4 Å². The molecule has 13 heteroatoms. The fourth-order valence-corrected chi connectivity index (χ4v) is 10.5. The second kappa shape index (κ2) is 9.75. The zero-order valence-corrected chi connectivity index (χ0v) is 25.2. The first-order valence-electron chi connectivity index (χ1n) is 14.1. The Labute approximate surface area is 249 Å². The van der Waals surface area contributed by atoms with Gasteiger partial charge in [0, 0.05) is 29.1 Å². The number of allylic oxidation sites excluding steroid dienone is 4. The predicted molar refractivity (Wildman–Crippen MR) is 148 cm³/mol. The van der Waals surface area contributed by atoms with Crippen LogP contribution in [0.15, 0.2) is 23.8 Å². The molecule has 1 aromatic rings. The van der Waals surface area contributed by atoms with E-state index in [1.54, 1.807) is 20.8 Å². The molecule has 0 bridgehead atoms. The number of nitrogens with zero attached hydrogens (tertiary/aromatic N) is 2. The van der Waals surface area contributed by atoms with Crippen LogP contribution in [0.2, 0.25) is 0 Å². The van der Waals surface area contributed by atoms with Gasteiger partial charge in [-0.25, -0.2) is 13.6 Å². The number of halogens is 2. The zero-order valence-electron chi connectivity index (χ0n) is 23.6. The third-order valence-corrected chi connectivity index (χ3v) is 12.7. The van der Waals surface area contributed by atoms with Gasteiger partial charge in [-0.15, -0.1) is 5.10 Å². The van der Waals surface area contributed by atoms with Crippen LogP contribution in [0.3, 0.4) is 0 Å². The Morgan fingerprint density at radius 3 is 2.62 bits per heavy atom. The molecule has 5 aliphatic rings. The van der Waals surface area contributed by atoms with E-state index in [1.165, 1.54) is 19.1 Å². The Bertz CT molecular complexity index is 1450. The molecule has 0 unspecified atom stereocenters. The Kier molecular flexibility index (Phi) is 6.86. The molecule has 1 N–H and O–H groups in total. The summed E-state index contributed by atoms with van der Waals surface area (Å²) in [6, 6.07) is 0. The number of aliphatic hydroxyl groups is 1. The first-order chi connectivity index (χ1) is 19.7. The van der Waals surface area contributed by atoms with Crippen LogP contribution >= 0.6 is 23.3 Å². The largest absolute Gasteiger partial charge is 0.465 e. The number of thioether (sulfide) groups is 1. The molecule has 226 valence electrons. The van der Waals surface area contributed by atoms with E-state index < -0.39 is 80.2 Å². The minimum absolute atomic E-state index is 0.000289. The van der Waals surface area contributed by atoms with Crippen molar-refractivity contribution in [3.63, 3.8) is 0 Å². The van der Waals surface area contributed by atoms with Crippen molar-refractivity contribution in [3.05, 3.63) is 34.4 Å². The molecule has 9 nitrogen and oxygen atoms in total. The molecule has 1 aromatic heterocycles. The smallest absolute Gasteiger partial charge is 0.352 e. The summed E-state index contributed by atoms with van der Waals surface area (Å²) in [5.74, 6) is -4.24. The maximum Gasteiger partial charge on any atom is 0.352 e. The number of ketones is 1. The lowest BCUT2D eigenvalue weighted by Gasteiger charge is -2.63. The Morgan fingerprint density at radius 1 is 1.24 bits per heavy atom. The van der Waals surface area contributed by atoms with Crippen LogP contribution in [0.1, 0.15) is 61.8 Å². The second-order valence-corrected chi connectivity index (χ2v) is 14.6. The van der Waals surface area contributed by atoms with E-state index in [0.717, 1.165) is 29.4 Å². The number of rotatable bonds is 4. The first-order valence-corrected chi connectivity index (χ1v) is 15.7. The van der Waals surface area contributed by atoms with E-state index >= 15 is 8.78 Å². The highest BCUT2D eigenvalue weighted by Crippen LogP contribution is 2.72. The average Bonchev–Trinajstić information content (AvgIpc) is 3.60. The van der Waals surface area contributed by atoms with Gasteiger partial charge >= 0.3 is 11.9 Å². The van der Waals surface area contributed by atoms with E-state index in [0.29, 0.717) is 12.1 Å². The van der Waals surface area contributed by atoms with Gasteiger partial charge in [0.1, 0.15) is 11.4 Å². The highest BCUT2D eigenvalue weighted by Gasteiger charge is 2.78. The van der Waals surface area contributed by atoms with Crippen molar-refractivity contribution in [1.29, 1.82) is 0 Å². The molecule has 0 spiro atoms. The van der Waals surface area contributed by atoms with Crippen molar-refractivity contribution in [3.8, 4) is 0 Å². The number of hydrogen-bond donors (Lipinski definition) is 1. The Hall–Kier alpha value is -2.51. The Morgan fingerprint density at radius 2 is 1.98 bits per heavy atom. The normalized spacial score (nSPS) is 44.1. The van der Waals surface area contributed by atoms with Crippen molar-refractivity contribution in [2.24, 2.45) is 28.6 Å². The number of ether oxygens (including phenoxy) is 2. The molecule has 3 saturated carbocycles. The predicted octanol–water partition coefficient (Wildman–Crippen LogP) is 3.88. The molecule has 42 heavy (non-hydrogen) atoms. The molecular weight excluding hydrogens is 590 g/mol. The maximum absolute atomic E-state index is 17.6. The summed E-state index contributed by atoms with van der Waals surface area (Å²) < 4.78 is 48.6. The van der Waals surface area contributed by atoms with Crippen LogP contribution in [-0.2, 0) is 23.9 Å². The van der Waals surface area contributed by atoms with Crippen LogP contribution in [0, 0.1) is 35.5 Å². The van der Waals surface area contributed by atoms with Crippen LogP contribution < -0.4 is 0 Å². The number of aryl methyl sites for hydroxylation is 1. The number of alkyl halides is 2. The molecule has 4 fully saturated rings. The monoisotopic (exact) mass is 622 g/mol. The fraction of sp³-hybridized carbons (Fsp3) is 0.655. The fourth-order valence-electron chi connectivity index (χ4n) is 8.63. The third-order valence-electron chi connectivity index (χ3n) is 10.7. The summed E-state index contributed by atoms with van der Waals surface area (Å²) in [7, 11) is 0. The molecule has 2 heterocycles. The van der Waals surface area contributed by atoms with E-state index in [4.69, 9.17) is 9.47 Å². The molecule has 10 atom stereocenters. The number of aromatic nitrogens is 2. The molecular formula is C29H32F2N2O7S2. The lowest BCUT2D eigenvalue weighted by Crippen LogP contribution is -2.70. The minimum Gasteiger partial charge on any atom is -0.465 e. The topological polar surface area (TPSA) is 133 Å². The number of fused-ring (bicyclic) bond motifs is 5. The van der Waals surface area contributed by atoms with E-state index in [1.807, 2.05) is 0 Å².